The van der Waals surface area contributed by atoms with Crippen LogP contribution in [0.25, 0.3) is 0 Å². The van der Waals surface area contributed by atoms with Gasteiger partial charge in [-0.2, -0.15) is 0 Å². The molecule has 0 fully saturated rings. The number of nitrogens with zero attached hydrogens (tertiary/aromatic N) is 1. The number of halogens is 1. The molecule has 0 aliphatic rings. The first kappa shape index (κ1) is 13.6. The van der Waals surface area contributed by atoms with Gasteiger partial charge in [0.2, 0.25) is 5.88 Å². The van der Waals surface area contributed by atoms with Crippen LogP contribution in [0.3, 0.4) is 0 Å². The maximum Gasteiger partial charge on any atom is 0.213 e. The van der Waals surface area contributed by atoms with Crippen LogP contribution in [0.5, 0.6) is 5.88 Å². The Kier molecular flexibility index (Phi) is 4.54. The fourth-order valence-electron chi connectivity index (χ4n) is 1.43. The van der Waals surface area contributed by atoms with Gasteiger partial charge in [0, 0.05) is 16.8 Å². The maximum absolute atomic E-state index is 5.89. The largest absolute Gasteiger partial charge is 0.481 e. The molecule has 0 unspecified atom stereocenters. The Labute approximate surface area is 121 Å². The summed E-state index contributed by atoms with van der Waals surface area (Å²) in [4.78, 5) is 4.08. The van der Waals surface area contributed by atoms with Crippen LogP contribution in [0.15, 0.2) is 42.6 Å². The van der Waals surface area contributed by atoms with E-state index in [9.17, 15) is 0 Å². The van der Waals surface area contributed by atoms with Crippen LogP contribution in [0.2, 0.25) is 5.02 Å². The minimum absolute atomic E-state index is 0.467. The molecular formula is C13H12ClN3OS. The molecule has 0 spiro atoms. The second kappa shape index (κ2) is 6.36. The van der Waals surface area contributed by atoms with Crippen molar-refractivity contribution < 1.29 is 4.74 Å². The zero-order chi connectivity index (χ0) is 13.7. The molecule has 1 aromatic heterocycles. The maximum atomic E-state index is 5.89. The van der Waals surface area contributed by atoms with Crippen molar-refractivity contribution in [3.8, 4) is 5.88 Å². The highest BCUT2D eigenvalue weighted by Gasteiger charge is 2.00. The second-order valence-electron chi connectivity index (χ2n) is 3.68. The van der Waals surface area contributed by atoms with Crippen LogP contribution in [-0.4, -0.2) is 17.2 Å². The minimum atomic E-state index is 0.467. The topological polar surface area (TPSA) is 46.2 Å². The van der Waals surface area contributed by atoms with Crippen LogP contribution >= 0.6 is 23.8 Å². The van der Waals surface area contributed by atoms with Crippen molar-refractivity contribution in [1.82, 2.24) is 4.98 Å². The Hall–Kier alpha value is -1.85. The first-order valence-corrected chi connectivity index (χ1v) is 6.29. The zero-order valence-electron chi connectivity index (χ0n) is 10.2. The Balaban J connectivity index is 1.97. The van der Waals surface area contributed by atoms with Crippen molar-refractivity contribution in [3.63, 3.8) is 0 Å². The lowest BCUT2D eigenvalue weighted by Gasteiger charge is -2.10. The van der Waals surface area contributed by atoms with Gasteiger partial charge in [-0.15, -0.1) is 0 Å². The Morgan fingerprint density at radius 2 is 2.00 bits per heavy atom. The summed E-state index contributed by atoms with van der Waals surface area (Å²) in [5.41, 5.74) is 1.60. The van der Waals surface area contributed by atoms with Gasteiger partial charge in [0.1, 0.15) is 0 Å². The smallest absolute Gasteiger partial charge is 0.213 e. The normalized spacial score (nSPS) is 9.79. The van der Waals surface area contributed by atoms with Crippen molar-refractivity contribution in [1.29, 1.82) is 0 Å². The second-order valence-corrected chi connectivity index (χ2v) is 4.52. The van der Waals surface area contributed by atoms with E-state index in [0.29, 0.717) is 16.0 Å². The molecule has 0 bridgehead atoms. The highest BCUT2D eigenvalue weighted by atomic mass is 35.5. The lowest BCUT2D eigenvalue weighted by molar-refractivity contribution is 0.398. The zero-order valence-corrected chi connectivity index (χ0v) is 11.8. The molecule has 2 rings (SSSR count). The monoisotopic (exact) mass is 293 g/mol. The number of pyridine rings is 1. The van der Waals surface area contributed by atoms with Gasteiger partial charge in [-0.1, -0.05) is 17.7 Å². The number of nitrogens with one attached hydrogen (secondary N) is 2. The van der Waals surface area contributed by atoms with Gasteiger partial charge in [0.05, 0.1) is 19.0 Å². The van der Waals surface area contributed by atoms with Gasteiger partial charge in [-0.25, -0.2) is 4.98 Å². The average molecular weight is 294 g/mol. The fourth-order valence-corrected chi connectivity index (χ4v) is 1.86. The summed E-state index contributed by atoms with van der Waals surface area (Å²) in [7, 11) is 1.57. The van der Waals surface area contributed by atoms with Gasteiger partial charge >= 0.3 is 0 Å². The lowest BCUT2D eigenvalue weighted by Crippen LogP contribution is -2.19. The molecule has 6 heteroatoms. The summed E-state index contributed by atoms with van der Waals surface area (Å²) in [6.07, 6.45) is 1.64. The van der Waals surface area contributed by atoms with E-state index >= 15 is 0 Å². The van der Waals surface area contributed by atoms with Crippen LogP contribution in [0, 0.1) is 0 Å². The molecule has 2 aromatic rings. The van der Waals surface area contributed by atoms with Crippen LogP contribution < -0.4 is 15.4 Å². The summed E-state index contributed by atoms with van der Waals surface area (Å²) in [6, 6.07) is 10.9. The molecule has 1 aromatic carbocycles. The predicted molar refractivity (Wildman–Crippen MR) is 82.1 cm³/mol. The molecule has 0 saturated carbocycles. The van der Waals surface area contributed by atoms with Crippen molar-refractivity contribution >= 4 is 40.3 Å². The molecule has 2 N–H and O–H groups in total. The highest BCUT2D eigenvalue weighted by molar-refractivity contribution is 7.80. The van der Waals surface area contributed by atoms with Gasteiger partial charge in [-0.3, -0.25) is 0 Å². The SMILES string of the molecule is COc1ccc(NC(=S)Nc2cccc(Cl)c2)cn1. The molecule has 1 heterocycles. The van der Waals surface area contributed by atoms with Crippen molar-refractivity contribution in [3.05, 3.63) is 47.6 Å². The first-order valence-electron chi connectivity index (χ1n) is 5.51. The number of benzene rings is 1. The predicted octanol–water partition coefficient (Wildman–Crippen LogP) is 3.55. The molecule has 0 aliphatic heterocycles. The van der Waals surface area contributed by atoms with E-state index in [1.165, 1.54) is 0 Å². The number of ether oxygens (including phenoxy) is 1. The van der Waals surface area contributed by atoms with Crippen LogP contribution in [0.1, 0.15) is 0 Å². The third kappa shape index (κ3) is 4.08. The summed E-state index contributed by atoms with van der Waals surface area (Å²) >= 11 is 11.1. The molecule has 4 nitrogen and oxygen atoms in total. The number of aromatic nitrogens is 1. The quantitative estimate of drug-likeness (QED) is 0.848. The molecule has 19 heavy (non-hydrogen) atoms. The molecule has 0 amide bonds. The van der Waals surface area contributed by atoms with E-state index < -0.39 is 0 Å². The van der Waals surface area contributed by atoms with E-state index in [1.807, 2.05) is 18.2 Å². The van der Waals surface area contributed by atoms with Gasteiger partial charge in [0.15, 0.2) is 5.11 Å². The molecule has 98 valence electrons. The molecule has 0 aliphatic carbocycles. The molecule has 0 saturated heterocycles. The van der Waals surface area contributed by atoms with E-state index in [1.54, 1.807) is 31.5 Å². The van der Waals surface area contributed by atoms with Crippen LogP contribution in [-0.2, 0) is 0 Å². The van der Waals surface area contributed by atoms with Gasteiger partial charge in [-0.05, 0) is 36.5 Å². The van der Waals surface area contributed by atoms with Gasteiger partial charge < -0.3 is 15.4 Å². The van der Waals surface area contributed by atoms with Gasteiger partial charge in [0.25, 0.3) is 0 Å². The Morgan fingerprint density at radius 3 is 2.63 bits per heavy atom. The fraction of sp³-hybridized carbons (Fsp3) is 0.0769. The van der Waals surface area contributed by atoms with Crippen molar-refractivity contribution in [2.45, 2.75) is 0 Å². The number of methoxy groups -OCH3 is 1. The number of hydrogen-bond donors (Lipinski definition) is 2. The highest BCUT2D eigenvalue weighted by Crippen LogP contribution is 2.16. The van der Waals surface area contributed by atoms with E-state index in [-0.39, 0.29) is 0 Å². The standard InChI is InChI=1S/C13H12ClN3OS/c1-18-12-6-5-11(8-15-12)17-13(19)16-10-4-2-3-9(14)7-10/h2-8H,1H3,(H2,16,17,19). The third-order valence-electron chi connectivity index (χ3n) is 2.29. The number of rotatable bonds is 3. The average Bonchev–Trinajstić information content (AvgIpc) is 2.39. The molecule has 0 radical (unpaired) electrons. The van der Waals surface area contributed by atoms with Crippen molar-refractivity contribution in [2.75, 3.05) is 17.7 Å². The van der Waals surface area contributed by atoms with Crippen molar-refractivity contribution in [2.24, 2.45) is 0 Å². The number of anilines is 2. The van der Waals surface area contributed by atoms with Crippen LogP contribution in [0.4, 0.5) is 11.4 Å². The lowest BCUT2D eigenvalue weighted by atomic mass is 10.3. The molecule has 0 atom stereocenters. The third-order valence-corrected chi connectivity index (χ3v) is 2.73. The number of hydrogen-bond acceptors (Lipinski definition) is 3. The molecular weight excluding hydrogens is 282 g/mol. The summed E-state index contributed by atoms with van der Waals surface area (Å²) in [5.74, 6) is 0.555. The van der Waals surface area contributed by atoms with E-state index in [0.717, 1.165) is 11.4 Å². The van der Waals surface area contributed by atoms with E-state index in [4.69, 9.17) is 28.6 Å². The Morgan fingerprint density at radius 1 is 1.21 bits per heavy atom. The number of thiocarbonyl (C=S) groups is 1. The summed E-state index contributed by atoms with van der Waals surface area (Å²) in [5, 5.41) is 7.18. The minimum Gasteiger partial charge on any atom is -0.481 e. The Bertz CT molecular complexity index is 574. The summed E-state index contributed by atoms with van der Waals surface area (Å²) < 4.78 is 4.98. The first-order chi connectivity index (χ1) is 9.17. The summed E-state index contributed by atoms with van der Waals surface area (Å²) in [6.45, 7) is 0. The van der Waals surface area contributed by atoms with E-state index in [2.05, 4.69) is 15.6 Å².